The second-order valence-corrected chi connectivity index (χ2v) is 8.47. The zero-order valence-corrected chi connectivity index (χ0v) is 14.1. The topological polar surface area (TPSA) is 72.5 Å². The lowest BCUT2D eigenvalue weighted by Gasteiger charge is -2.17. The SMILES string of the molecule is COc1ccc(CNC(=O)CC(C)(C)C)cc1S(=O)(=O)Cl. The van der Waals surface area contributed by atoms with Gasteiger partial charge in [-0.3, -0.25) is 4.79 Å². The molecule has 0 aliphatic rings. The van der Waals surface area contributed by atoms with Crippen molar-refractivity contribution in [1.82, 2.24) is 5.32 Å². The van der Waals surface area contributed by atoms with Crippen molar-refractivity contribution in [2.24, 2.45) is 5.41 Å². The molecule has 1 N–H and O–H groups in total. The normalized spacial score (nSPS) is 12.0. The number of amides is 1. The number of carbonyl (C=O) groups excluding carboxylic acids is 1. The third-order valence-electron chi connectivity index (χ3n) is 2.67. The highest BCUT2D eigenvalue weighted by Gasteiger charge is 2.18. The molecule has 1 rings (SSSR count). The minimum absolute atomic E-state index is 0.0893. The second-order valence-electron chi connectivity index (χ2n) is 5.94. The Labute approximate surface area is 130 Å². The monoisotopic (exact) mass is 333 g/mol. The van der Waals surface area contributed by atoms with Gasteiger partial charge in [0.1, 0.15) is 10.6 Å². The summed E-state index contributed by atoms with van der Waals surface area (Å²) >= 11 is 0. The van der Waals surface area contributed by atoms with Crippen molar-refractivity contribution < 1.29 is 17.9 Å². The van der Waals surface area contributed by atoms with Gasteiger partial charge in [-0.2, -0.15) is 0 Å². The molecule has 0 spiro atoms. The van der Waals surface area contributed by atoms with E-state index in [4.69, 9.17) is 15.4 Å². The number of ether oxygens (including phenoxy) is 1. The minimum Gasteiger partial charge on any atom is -0.495 e. The van der Waals surface area contributed by atoms with Crippen molar-refractivity contribution >= 4 is 25.6 Å². The van der Waals surface area contributed by atoms with Crippen molar-refractivity contribution in [3.8, 4) is 5.75 Å². The molecule has 0 fully saturated rings. The van der Waals surface area contributed by atoms with E-state index in [2.05, 4.69) is 5.32 Å². The predicted molar refractivity (Wildman–Crippen MR) is 82.0 cm³/mol. The summed E-state index contributed by atoms with van der Waals surface area (Å²) in [6, 6.07) is 4.60. The Morgan fingerprint density at radius 2 is 1.95 bits per heavy atom. The molecule has 0 saturated heterocycles. The number of nitrogens with one attached hydrogen (secondary N) is 1. The van der Waals surface area contributed by atoms with E-state index in [1.54, 1.807) is 6.07 Å². The fourth-order valence-electron chi connectivity index (χ4n) is 1.77. The van der Waals surface area contributed by atoms with Crippen molar-refractivity contribution in [3.63, 3.8) is 0 Å². The molecule has 7 heteroatoms. The number of carbonyl (C=O) groups is 1. The van der Waals surface area contributed by atoms with Crippen LogP contribution in [0.4, 0.5) is 0 Å². The molecule has 1 aromatic rings. The molecule has 0 bridgehead atoms. The summed E-state index contributed by atoms with van der Waals surface area (Å²) in [5.41, 5.74) is 0.534. The number of hydrogen-bond donors (Lipinski definition) is 1. The third kappa shape index (κ3) is 5.93. The van der Waals surface area contributed by atoms with E-state index in [9.17, 15) is 13.2 Å². The van der Waals surface area contributed by atoms with E-state index in [1.807, 2.05) is 20.8 Å². The van der Waals surface area contributed by atoms with Crippen LogP contribution >= 0.6 is 10.7 Å². The van der Waals surface area contributed by atoms with Gasteiger partial charge in [0.05, 0.1) is 7.11 Å². The van der Waals surface area contributed by atoms with Gasteiger partial charge >= 0.3 is 0 Å². The average Bonchev–Trinajstić information content (AvgIpc) is 2.33. The number of benzene rings is 1. The Bertz CT molecular complexity index is 620. The molecular formula is C14H20ClNO4S. The molecule has 0 aliphatic heterocycles. The van der Waals surface area contributed by atoms with Gasteiger partial charge in [-0.15, -0.1) is 0 Å². The molecule has 0 atom stereocenters. The van der Waals surface area contributed by atoms with E-state index < -0.39 is 9.05 Å². The number of rotatable bonds is 5. The first-order chi connectivity index (χ1) is 9.53. The zero-order chi connectivity index (χ0) is 16.3. The van der Waals surface area contributed by atoms with Crippen LogP contribution < -0.4 is 10.1 Å². The molecule has 0 heterocycles. The van der Waals surface area contributed by atoms with Crippen molar-refractivity contribution in [2.75, 3.05) is 7.11 Å². The van der Waals surface area contributed by atoms with Crippen LogP contribution in [0.25, 0.3) is 0 Å². The van der Waals surface area contributed by atoms with Crippen LogP contribution in [0.2, 0.25) is 0 Å². The summed E-state index contributed by atoms with van der Waals surface area (Å²) in [6.07, 6.45) is 0.393. The smallest absolute Gasteiger partial charge is 0.264 e. The molecule has 0 aromatic heterocycles. The summed E-state index contributed by atoms with van der Waals surface area (Å²) in [6.45, 7) is 6.15. The van der Waals surface area contributed by atoms with Crippen molar-refractivity contribution in [2.45, 2.75) is 38.6 Å². The second kappa shape index (κ2) is 6.66. The molecule has 21 heavy (non-hydrogen) atoms. The van der Waals surface area contributed by atoms with E-state index in [1.165, 1.54) is 19.2 Å². The highest BCUT2D eigenvalue weighted by molar-refractivity contribution is 8.13. The van der Waals surface area contributed by atoms with Gasteiger partial charge in [0, 0.05) is 23.6 Å². The van der Waals surface area contributed by atoms with E-state index in [-0.39, 0.29) is 28.5 Å². The summed E-state index contributed by atoms with van der Waals surface area (Å²) in [5, 5.41) is 2.75. The van der Waals surface area contributed by atoms with Crippen molar-refractivity contribution in [1.29, 1.82) is 0 Å². The fourth-order valence-corrected chi connectivity index (χ4v) is 2.81. The van der Waals surface area contributed by atoms with Gasteiger partial charge in [0.15, 0.2) is 0 Å². The minimum atomic E-state index is -3.90. The van der Waals surface area contributed by atoms with E-state index in [0.29, 0.717) is 12.0 Å². The van der Waals surface area contributed by atoms with Gasteiger partial charge in [0.25, 0.3) is 9.05 Å². The van der Waals surface area contributed by atoms with E-state index in [0.717, 1.165) is 0 Å². The highest BCUT2D eigenvalue weighted by atomic mass is 35.7. The van der Waals surface area contributed by atoms with Crippen LogP contribution in [-0.4, -0.2) is 21.4 Å². The molecule has 1 amide bonds. The Kier molecular flexibility index (Phi) is 5.64. The largest absolute Gasteiger partial charge is 0.495 e. The van der Waals surface area contributed by atoms with Crippen LogP contribution in [0, 0.1) is 5.41 Å². The molecule has 5 nitrogen and oxygen atoms in total. The number of halogens is 1. The fraction of sp³-hybridized carbons (Fsp3) is 0.500. The maximum Gasteiger partial charge on any atom is 0.264 e. The summed E-state index contributed by atoms with van der Waals surface area (Å²) < 4.78 is 27.9. The lowest BCUT2D eigenvalue weighted by Crippen LogP contribution is -2.27. The molecule has 1 aromatic carbocycles. The van der Waals surface area contributed by atoms with Gasteiger partial charge in [-0.1, -0.05) is 26.8 Å². The first kappa shape index (κ1) is 17.8. The summed E-state index contributed by atoms with van der Waals surface area (Å²) in [7, 11) is 2.83. The lowest BCUT2D eigenvalue weighted by molar-refractivity contribution is -0.122. The molecular weight excluding hydrogens is 314 g/mol. The van der Waals surface area contributed by atoms with E-state index >= 15 is 0 Å². The molecule has 0 aliphatic carbocycles. The van der Waals surface area contributed by atoms with Gasteiger partial charge in [0.2, 0.25) is 5.91 Å². The average molecular weight is 334 g/mol. The molecule has 0 radical (unpaired) electrons. The van der Waals surface area contributed by atoms with Gasteiger partial charge in [-0.25, -0.2) is 8.42 Å². The Morgan fingerprint density at radius 1 is 1.33 bits per heavy atom. The van der Waals surface area contributed by atoms with Crippen LogP contribution in [0.3, 0.4) is 0 Å². The summed E-state index contributed by atoms with van der Waals surface area (Å²) in [5.74, 6) is 0.0865. The van der Waals surface area contributed by atoms with Crippen LogP contribution in [-0.2, 0) is 20.4 Å². The zero-order valence-electron chi connectivity index (χ0n) is 12.6. The van der Waals surface area contributed by atoms with Crippen molar-refractivity contribution in [3.05, 3.63) is 23.8 Å². The lowest BCUT2D eigenvalue weighted by atomic mass is 9.92. The first-order valence-corrected chi connectivity index (χ1v) is 8.72. The van der Waals surface area contributed by atoms with Crippen LogP contribution in [0.5, 0.6) is 5.75 Å². The third-order valence-corrected chi connectivity index (χ3v) is 4.01. The molecule has 0 unspecified atom stereocenters. The quantitative estimate of drug-likeness (QED) is 0.841. The Hall–Kier alpha value is -1.27. The summed E-state index contributed by atoms with van der Waals surface area (Å²) in [4.78, 5) is 11.7. The number of hydrogen-bond acceptors (Lipinski definition) is 4. The van der Waals surface area contributed by atoms with Gasteiger partial charge in [-0.05, 0) is 23.1 Å². The Morgan fingerprint density at radius 3 is 2.43 bits per heavy atom. The van der Waals surface area contributed by atoms with Crippen LogP contribution in [0.15, 0.2) is 23.1 Å². The number of methoxy groups -OCH3 is 1. The Balaban J connectivity index is 2.85. The standard InChI is InChI=1S/C14H20ClNO4S/c1-14(2,3)8-13(17)16-9-10-5-6-11(20-4)12(7-10)21(15,18)19/h5-7H,8-9H2,1-4H3,(H,16,17). The maximum atomic E-state index is 11.8. The predicted octanol–water partition coefficient (Wildman–Crippen LogP) is 2.68. The van der Waals surface area contributed by atoms with Gasteiger partial charge < -0.3 is 10.1 Å². The van der Waals surface area contributed by atoms with Crippen LogP contribution in [0.1, 0.15) is 32.8 Å². The highest BCUT2D eigenvalue weighted by Crippen LogP contribution is 2.27. The maximum absolute atomic E-state index is 11.8. The molecule has 0 saturated carbocycles. The molecule has 118 valence electrons. The first-order valence-electron chi connectivity index (χ1n) is 6.41.